The zero-order valence-corrected chi connectivity index (χ0v) is 14.9. The number of halogens is 3. The molecular weight excluding hydrogens is 401 g/mol. The first-order valence-corrected chi connectivity index (χ1v) is 8.95. The minimum Gasteiger partial charge on any atom is -0.465 e. The molecule has 2 aliphatic heterocycles. The van der Waals surface area contributed by atoms with Crippen molar-refractivity contribution in [2.24, 2.45) is 0 Å². The summed E-state index contributed by atoms with van der Waals surface area (Å²) in [7, 11) is 0. The van der Waals surface area contributed by atoms with E-state index in [2.05, 4.69) is 25.9 Å². The lowest BCUT2D eigenvalue weighted by Gasteiger charge is -2.37. The highest BCUT2D eigenvalue weighted by atomic mass is 79.9. The highest BCUT2D eigenvalue weighted by Gasteiger charge is 2.44. The van der Waals surface area contributed by atoms with Gasteiger partial charge in [0.1, 0.15) is 5.52 Å². The van der Waals surface area contributed by atoms with Gasteiger partial charge in [0.05, 0.1) is 10.2 Å². The molecule has 0 aliphatic carbocycles. The van der Waals surface area contributed by atoms with Crippen LogP contribution in [-0.4, -0.2) is 38.2 Å². The van der Waals surface area contributed by atoms with Crippen LogP contribution in [-0.2, 0) is 0 Å². The van der Waals surface area contributed by atoms with Gasteiger partial charge < -0.3 is 10.0 Å². The number of carbonyl (C=O) groups is 1. The van der Waals surface area contributed by atoms with Crippen LogP contribution in [0.1, 0.15) is 37.3 Å². The van der Waals surface area contributed by atoms with E-state index < -0.39 is 11.9 Å². The molecule has 2 aliphatic rings. The second-order valence-corrected chi connectivity index (χ2v) is 7.57. The van der Waals surface area contributed by atoms with Crippen molar-refractivity contribution >= 4 is 44.5 Å². The third-order valence-electron chi connectivity index (χ3n) is 5.10. The molecule has 126 valence electrons. The van der Waals surface area contributed by atoms with E-state index in [9.17, 15) is 14.3 Å². The van der Waals surface area contributed by atoms with Crippen LogP contribution in [0.5, 0.6) is 0 Å². The molecule has 2 unspecified atom stereocenters. The number of hydrogen-bond acceptors (Lipinski definition) is 3. The smallest absolute Gasteiger partial charge is 0.407 e. The monoisotopic (exact) mass is 413 g/mol. The first-order chi connectivity index (χ1) is 11.5. The molecule has 2 atom stereocenters. The molecule has 0 spiro atoms. The van der Waals surface area contributed by atoms with Crippen LogP contribution in [0, 0.1) is 5.82 Å². The topological polar surface area (TPSA) is 66.3 Å². The molecule has 1 amide bonds. The average molecular weight is 415 g/mol. The lowest BCUT2D eigenvalue weighted by Crippen LogP contribution is -2.45. The SMILES string of the molecule is O=C(O)N1C2CCC1CC(c1nc(Cl)nc3c(F)c(Br)ccc13)C2. The van der Waals surface area contributed by atoms with Crippen molar-refractivity contribution < 1.29 is 14.3 Å². The average Bonchev–Trinajstić information content (AvgIpc) is 2.81. The first kappa shape index (κ1) is 16.0. The van der Waals surface area contributed by atoms with E-state index in [0.717, 1.165) is 18.5 Å². The summed E-state index contributed by atoms with van der Waals surface area (Å²) in [5.41, 5.74) is 0.922. The molecule has 5 nitrogen and oxygen atoms in total. The van der Waals surface area contributed by atoms with Crippen LogP contribution in [0.25, 0.3) is 10.9 Å². The molecule has 1 N–H and O–H groups in total. The minimum absolute atomic E-state index is 0.00432. The Morgan fingerprint density at radius 1 is 1.29 bits per heavy atom. The lowest BCUT2D eigenvalue weighted by atomic mass is 9.86. The number of hydrogen-bond donors (Lipinski definition) is 1. The number of benzene rings is 1. The van der Waals surface area contributed by atoms with Crippen molar-refractivity contribution in [2.45, 2.75) is 43.7 Å². The van der Waals surface area contributed by atoms with E-state index in [0.29, 0.717) is 22.7 Å². The van der Waals surface area contributed by atoms with E-state index in [1.807, 2.05) is 0 Å². The van der Waals surface area contributed by atoms with Crippen LogP contribution >= 0.6 is 27.5 Å². The van der Waals surface area contributed by atoms with Gasteiger partial charge in [-0.25, -0.2) is 19.2 Å². The Balaban J connectivity index is 1.78. The van der Waals surface area contributed by atoms with Gasteiger partial charge in [0.25, 0.3) is 0 Å². The zero-order valence-electron chi connectivity index (χ0n) is 12.5. The van der Waals surface area contributed by atoms with Crippen LogP contribution in [0.4, 0.5) is 9.18 Å². The fraction of sp³-hybridized carbons (Fsp3) is 0.438. The predicted molar refractivity (Wildman–Crippen MR) is 90.9 cm³/mol. The molecule has 0 saturated carbocycles. The Morgan fingerprint density at radius 3 is 2.58 bits per heavy atom. The second-order valence-electron chi connectivity index (χ2n) is 6.38. The van der Waals surface area contributed by atoms with Crippen LogP contribution in [0.2, 0.25) is 5.28 Å². The van der Waals surface area contributed by atoms with Crippen molar-refractivity contribution in [3.63, 3.8) is 0 Å². The maximum absolute atomic E-state index is 14.4. The summed E-state index contributed by atoms with van der Waals surface area (Å²) in [5, 5.41) is 10.0. The Morgan fingerprint density at radius 2 is 1.96 bits per heavy atom. The van der Waals surface area contributed by atoms with Crippen molar-refractivity contribution in [1.82, 2.24) is 14.9 Å². The number of amides is 1. The normalized spacial score (nSPS) is 26.1. The third kappa shape index (κ3) is 2.45. The van der Waals surface area contributed by atoms with Crippen molar-refractivity contribution in [3.8, 4) is 0 Å². The Bertz CT molecular complexity index is 836. The Hall–Kier alpha value is -1.47. The molecule has 1 aromatic carbocycles. The van der Waals surface area contributed by atoms with E-state index in [1.54, 1.807) is 17.0 Å². The molecular formula is C16H14BrClFN3O2. The minimum atomic E-state index is -0.860. The molecule has 24 heavy (non-hydrogen) atoms. The lowest BCUT2D eigenvalue weighted by molar-refractivity contribution is 0.0962. The van der Waals surface area contributed by atoms with Gasteiger partial charge in [0.15, 0.2) is 5.82 Å². The molecule has 0 radical (unpaired) electrons. The number of piperidine rings is 1. The molecule has 3 heterocycles. The van der Waals surface area contributed by atoms with E-state index in [-0.39, 0.29) is 28.8 Å². The highest BCUT2D eigenvalue weighted by Crippen LogP contribution is 2.44. The maximum atomic E-state index is 14.4. The largest absolute Gasteiger partial charge is 0.465 e. The van der Waals surface area contributed by atoms with E-state index in [1.165, 1.54) is 0 Å². The van der Waals surface area contributed by atoms with Gasteiger partial charge in [0, 0.05) is 23.4 Å². The van der Waals surface area contributed by atoms with Crippen LogP contribution in [0.15, 0.2) is 16.6 Å². The summed E-state index contributed by atoms with van der Waals surface area (Å²) in [6.07, 6.45) is 2.24. The first-order valence-electron chi connectivity index (χ1n) is 7.78. The van der Waals surface area contributed by atoms with Crippen LogP contribution < -0.4 is 0 Å². The summed E-state index contributed by atoms with van der Waals surface area (Å²) in [6.45, 7) is 0. The fourth-order valence-corrected chi connectivity index (χ4v) is 4.65. The zero-order chi connectivity index (χ0) is 17.0. The maximum Gasteiger partial charge on any atom is 0.407 e. The number of aromatic nitrogens is 2. The number of carboxylic acid groups (broad SMARTS) is 1. The molecule has 2 fully saturated rings. The van der Waals surface area contributed by atoms with Gasteiger partial charge in [0.2, 0.25) is 5.28 Å². The highest BCUT2D eigenvalue weighted by molar-refractivity contribution is 9.10. The summed E-state index contributed by atoms with van der Waals surface area (Å²) in [6, 6.07) is 3.42. The number of nitrogens with zero attached hydrogens (tertiary/aromatic N) is 3. The second kappa shape index (κ2) is 5.81. The fourth-order valence-electron chi connectivity index (χ4n) is 4.16. The molecule has 2 aromatic rings. The van der Waals surface area contributed by atoms with Gasteiger partial charge in [-0.05, 0) is 65.3 Å². The quantitative estimate of drug-likeness (QED) is 0.694. The third-order valence-corrected chi connectivity index (χ3v) is 5.88. The summed E-state index contributed by atoms with van der Waals surface area (Å²) < 4.78 is 14.7. The molecule has 8 heteroatoms. The molecule has 4 rings (SSSR count). The van der Waals surface area contributed by atoms with Crippen molar-refractivity contribution in [1.29, 1.82) is 0 Å². The van der Waals surface area contributed by atoms with Gasteiger partial charge in [-0.15, -0.1) is 0 Å². The summed E-state index contributed by atoms with van der Waals surface area (Å²) >= 11 is 9.19. The van der Waals surface area contributed by atoms with Crippen molar-refractivity contribution in [3.05, 3.63) is 33.4 Å². The van der Waals surface area contributed by atoms with Crippen LogP contribution in [0.3, 0.4) is 0 Å². The van der Waals surface area contributed by atoms with E-state index >= 15 is 0 Å². The number of rotatable bonds is 1. The van der Waals surface area contributed by atoms with E-state index in [4.69, 9.17) is 11.6 Å². The summed E-state index contributed by atoms with van der Waals surface area (Å²) in [4.78, 5) is 21.4. The molecule has 1 aromatic heterocycles. The van der Waals surface area contributed by atoms with Crippen molar-refractivity contribution in [2.75, 3.05) is 0 Å². The predicted octanol–water partition coefficient (Wildman–Crippen LogP) is 4.57. The van der Waals surface area contributed by atoms with Gasteiger partial charge in [-0.3, -0.25) is 0 Å². The molecule has 2 bridgehead atoms. The Labute approximate surface area is 151 Å². The standard InChI is InChI=1S/C16H14BrClFN3O2/c17-11-4-3-10-13(20-15(18)21-14(10)12(11)19)7-5-8-1-2-9(6-7)22(8)16(23)24/h3-4,7-9H,1-2,5-6H2,(H,23,24). The van der Waals surface area contributed by atoms with Gasteiger partial charge >= 0.3 is 6.09 Å². The Kier molecular flexibility index (Phi) is 3.88. The van der Waals surface area contributed by atoms with Gasteiger partial charge in [-0.2, -0.15) is 0 Å². The van der Waals surface area contributed by atoms with Gasteiger partial charge in [-0.1, -0.05) is 0 Å². The molecule has 2 saturated heterocycles. The number of fused-ring (bicyclic) bond motifs is 3. The summed E-state index contributed by atoms with van der Waals surface area (Å²) in [5.74, 6) is -0.398.